The summed E-state index contributed by atoms with van der Waals surface area (Å²) in [5.74, 6) is 0.302. The van der Waals surface area contributed by atoms with Crippen molar-refractivity contribution in [2.24, 2.45) is 5.92 Å². The molecule has 0 radical (unpaired) electrons. The minimum atomic E-state index is -3.50. The van der Waals surface area contributed by atoms with Gasteiger partial charge in [-0.05, 0) is 56.1 Å². The van der Waals surface area contributed by atoms with Crippen molar-refractivity contribution in [1.29, 1.82) is 0 Å². The van der Waals surface area contributed by atoms with Crippen molar-refractivity contribution in [3.05, 3.63) is 29.8 Å². The Kier molecular flexibility index (Phi) is 7.82. The van der Waals surface area contributed by atoms with Gasteiger partial charge < -0.3 is 5.32 Å². The molecule has 1 aromatic rings. The number of carbonyl (C=O) groups is 1. The summed E-state index contributed by atoms with van der Waals surface area (Å²) in [5.41, 5.74) is 0.484. The molecule has 1 fully saturated rings. The van der Waals surface area contributed by atoms with Gasteiger partial charge in [0.1, 0.15) is 0 Å². The molecule has 1 saturated heterocycles. The third kappa shape index (κ3) is 5.30. The second kappa shape index (κ2) is 9.66. The van der Waals surface area contributed by atoms with E-state index in [0.29, 0.717) is 37.2 Å². The molecule has 1 heterocycles. The number of benzene rings is 1. The van der Waals surface area contributed by atoms with Crippen LogP contribution in [0.2, 0.25) is 0 Å². The quantitative estimate of drug-likeness (QED) is 0.698. The van der Waals surface area contributed by atoms with Gasteiger partial charge in [-0.15, -0.1) is 0 Å². The van der Waals surface area contributed by atoms with Crippen LogP contribution in [0, 0.1) is 5.92 Å². The fraction of sp³-hybridized carbons (Fsp3) is 0.650. The first-order chi connectivity index (χ1) is 12.8. The van der Waals surface area contributed by atoms with Crippen LogP contribution in [0.5, 0.6) is 0 Å². The SMILES string of the molecule is CCN(CC)S(=O)(=O)c1ccc(C(=O)NCC(C(C)C)N2CCCC2)cc1. The highest BCUT2D eigenvalue weighted by molar-refractivity contribution is 7.89. The molecule has 27 heavy (non-hydrogen) atoms. The molecule has 0 bridgehead atoms. The molecule has 6 nitrogen and oxygen atoms in total. The van der Waals surface area contributed by atoms with E-state index in [2.05, 4.69) is 24.1 Å². The van der Waals surface area contributed by atoms with Crippen LogP contribution in [0.4, 0.5) is 0 Å². The molecule has 1 atom stereocenters. The lowest BCUT2D eigenvalue weighted by Gasteiger charge is -2.31. The fourth-order valence-corrected chi connectivity index (χ4v) is 5.11. The largest absolute Gasteiger partial charge is 0.350 e. The number of hydrogen-bond donors (Lipinski definition) is 1. The van der Waals surface area contributed by atoms with E-state index in [-0.39, 0.29) is 10.8 Å². The van der Waals surface area contributed by atoms with Crippen LogP contribution in [0.25, 0.3) is 0 Å². The second-order valence-electron chi connectivity index (χ2n) is 7.38. The maximum absolute atomic E-state index is 12.5. The number of hydrogen-bond acceptors (Lipinski definition) is 4. The highest BCUT2D eigenvalue weighted by atomic mass is 32.2. The summed E-state index contributed by atoms with van der Waals surface area (Å²) in [5, 5.41) is 3.02. The summed E-state index contributed by atoms with van der Waals surface area (Å²) < 4.78 is 26.5. The fourth-order valence-electron chi connectivity index (χ4n) is 3.65. The lowest BCUT2D eigenvalue weighted by Crippen LogP contribution is -2.45. The average molecular weight is 396 g/mol. The molecular formula is C20H33N3O3S. The number of nitrogens with zero attached hydrogens (tertiary/aromatic N) is 2. The molecule has 0 aliphatic carbocycles. The molecule has 1 aromatic carbocycles. The van der Waals surface area contributed by atoms with Gasteiger partial charge in [0.25, 0.3) is 5.91 Å². The van der Waals surface area contributed by atoms with Gasteiger partial charge in [0.2, 0.25) is 10.0 Å². The van der Waals surface area contributed by atoms with Crippen molar-refractivity contribution >= 4 is 15.9 Å². The van der Waals surface area contributed by atoms with Crippen LogP contribution in [-0.4, -0.2) is 62.3 Å². The maximum Gasteiger partial charge on any atom is 0.251 e. The molecule has 1 amide bonds. The van der Waals surface area contributed by atoms with E-state index in [0.717, 1.165) is 13.1 Å². The number of carbonyl (C=O) groups excluding carboxylic acids is 1. The Morgan fingerprint density at radius 2 is 1.67 bits per heavy atom. The van der Waals surface area contributed by atoms with E-state index in [1.165, 1.54) is 29.3 Å². The summed E-state index contributed by atoms with van der Waals surface area (Å²) >= 11 is 0. The van der Waals surface area contributed by atoms with Gasteiger partial charge in [-0.3, -0.25) is 9.69 Å². The predicted octanol–water partition coefficient (Wildman–Crippen LogP) is 2.57. The zero-order chi connectivity index (χ0) is 20.0. The number of likely N-dealkylation sites (tertiary alicyclic amines) is 1. The Morgan fingerprint density at radius 3 is 2.15 bits per heavy atom. The summed E-state index contributed by atoms with van der Waals surface area (Å²) in [6.45, 7) is 11.6. The normalized spacial score (nSPS) is 16.8. The van der Waals surface area contributed by atoms with Gasteiger partial charge in [-0.1, -0.05) is 27.7 Å². The first-order valence-corrected chi connectivity index (χ1v) is 11.4. The third-order valence-corrected chi connectivity index (χ3v) is 7.37. The van der Waals surface area contributed by atoms with E-state index in [1.54, 1.807) is 12.1 Å². The van der Waals surface area contributed by atoms with Gasteiger partial charge in [-0.25, -0.2) is 8.42 Å². The zero-order valence-corrected chi connectivity index (χ0v) is 17.8. The van der Waals surface area contributed by atoms with Crippen molar-refractivity contribution in [3.8, 4) is 0 Å². The first kappa shape index (κ1) is 21.9. The van der Waals surface area contributed by atoms with Crippen LogP contribution >= 0.6 is 0 Å². The molecule has 1 aliphatic rings. The van der Waals surface area contributed by atoms with Gasteiger partial charge >= 0.3 is 0 Å². The molecule has 0 saturated carbocycles. The molecule has 0 aromatic heterocycles. The molecule has 1 N–H and O–H groups in total. The Morgan fingerprint density at radius 1 is 1.11 bits per heavy atom. The van der Waals surface area contributed by atoms with Crippen LogP contribution < -0.4 is 5.32 Å². The van der Waals surface area contributed by atoms with E-state index < -0.39 is 10.0 Å². The van der Waals surface area contributed by atoms with E-state index in [9.17, 15) is 13.2 Å². The third-order valence-electron chi connectivity index (χ3n) is 5.31. The Labute approximate surface area is 164 Å². The van der Waals surface area contributed by atoms with E-state index in [4.69, 9.17) is 0 Å². The number of nitrogens with one attached hydrogen (secondary N) is 1. The van der Waals surface area contributed by atoms with E-state index >= 15 is 0 Å². The number of sulfonamides is 1. The van der Waals surface area contributed by atoms with Crippen molar-refractivity contribution in [2.75, 3.05) is 32.7 Å². The summed E-state index contributed by atoms with van der Waals surface area (Å²) in [7, 11) is -3.50. The topological polar surface area (TPSA) is 69.7 Å². The number of amides is 1. The monoisotopic (exact) mass is 395 g/mol. The van der Waals surface area contributed by atoms with Crippen LogP contribution in [0.1, 0.15) is 50.9 Å². The molecular weight excluding hydrogens is 362 g/mol. The Balaban J connectivity index is 2.02. The molecule has 1 aliphatic heterocycles. The van der Waals surface area contributed by atoms with Gasteiger partial charge in [-0.2, -0.15) is 4.31 Å². The second-order valence-corrected chi connectivity index (χ2v) is 9.32. The summed E-state index contributed by atoms with van der Waals surface area (Å²) in [6.07, 6.45) is 2.44. The first-order valence-electron chi connectivity index (χ1n) is 9.93. The molecule has 0 spiro atoms. The Bertz CT molecular complexity index is 706. The molecule has 152 valence electrons. The molecule has 2 rings (SSSR count). The van der Waals surface area contributed by atoms with Crippen molar-refractivity contribution in [1.82, 2.24) is 14.5 Å². The van der Waals surface area contributed by atoms with Gasteiger partial charge in [0.05, 0.1) is 4.90 Å². The highest BCUT2D eigenvalue weighted by Crippen LogP contribution is 2.18. The van der Waals surface area contributed by atoms with Gasteiger partial charge in [0, 0.05) is 31.2 Å². The summed E-state index contributed by atoms with van der Waals surface area (Å²) in [4.78, 5) is 15.2. The standard InChI is InChI=1S/C20H33N3O3S/c1-5-23(6-2)27(25,26)18-11-9-17(10-12-18)20(24)21-15-19(16(3)4)22-13-7-8-14-22/h9-12,16,19H,5-8,13-15H2,1-4H3,(H,21,24). The van der Waals surface area contributed by atoms with Crippen molar-refractivity contribution < 1.29 is 13.2 Å². The summed E-state index contributed by atoms with van der Waals surface area (Å²) in [6, 6.07) is 6.54. The highest BCUT2D eigenvalue weighted by Gasteiger charge is 2.25. The van der Waals surface area contributed by atoms with Crippen molar-refractivity contribution in [3.63, 3.8) is 0 Å². The van der Waals surface area contributed by atoms with Crippen LogP contribution in [0.3, 0.4) is 0 Å². The zero-order valence-electron chi connectivity index (χ0n) is 16.9. The lowest BCUT2D eigenvalue weighted by molar-refractivity contribution is 0.0927. The predicted molar refractivity (Wildman–Crippen MR) is 108 cm³/mol. The van der Waals surface area contributed by atoms with Gasteiger partial charge in [0.15, 0.2) is 0 Å². The average Bonchev–Trinajstić information content (AvgIpc) is 3.16. The smallest absolute Gasteiger partial charge is 0.251 e. The number of rotatable bonds is 9. The maximum atomic E-state index is 12.5. The van der Waals surface area contributed by atoms with E-state index in [1.807, 2.05) is 13.8 Å². The van der Waals surface area contributed by atoms with Crippen molar-refractivity contribution in [2.45, 2.75) is 51.5 Å². The van der Waals surface area contributed by atoms with Crippen LogP contribution in [0.15, 0.2) is 29.2 Å². The minimum Gasteiger partial charge on any atom is -0.350 e. The molecule has 7 heteroatoms. The van der Waals surface area contributed by atoms with Crippen LogP contribution in [-0.2, 0) is 10.0 Å². The minimum absolute atomic E-state index is 0.161. The lowest BCUT2D eigenvalue weighted by atomic mass is 10.0. The Hall–Kier alpha value is -1.44. The molecule has 1 unspecified atom stereocenters.